The van der Waals surface area contributed by atoms with Gasteiger partial charge in [0.15, 0.2) is 0 Å². The van der Waals surface area contributed by atoms with Crippen molar-refractivity contribution in [1.29, 1.82) is 0 Å². The summed E-state index contributed by atoms with van der Waals surface area (Å²) in [5.41, 5.74) is 0.0310. The quantitative estimate of drug-likeness (QED) is 0.773. The molecular weight excluding hydrogens is 214 g/mol. The van der Waals surface area contributed by atoms with E-state index in [-0.39, 0.29) is 17.0 Å². The highest BCUT2D eigenvalue weighted by molar-refractivity contribution is 6.28. The summed E-state index contributed by atoms with van der Waals surface area (Å²) in [6.45, 7) is 8.26. The summed E-state index contributed by atoms with van der Waals surface area (Å²) in [6, 6.07) is 0. The van der Waals surface area contributed by atoms with E-state index in [9.17, 15) is 0 Å². The van der Waals surface area contributed by atoms with E-state index in [2.05, 4.69) is 46.4 Å². The molecule has 0 spiro atoms. The van der Waals surface area contributed by atoms with Crippen molar-refractivity contribution in [2.45, 2.75) is 39.4 Å². The summed E-state index contributed by atoms with van der Waals surface area (Å²) in [6.07, 6.45) is 1.44. The van der Waals surface area contributed by atoms with Gasteiger partial charge < -0.3 is 5.32 Å². The molecule has 0 amide bonds. The third kappa shape index (κ3) is 4.90. The second-order valence-electron chi connectivity index (χ2n) is 4.34. The van der Waals surface area contributed by atoms with Crippen molar-refractivity contribution in [3.05, 3.63) is 11.6 Å². The second-order valence-corrected chi connectivity index (χ2v) is 4.68. The van der Waals surface area contributed by atoms with E-state index in [0.717, 1.165) is 0 Å². The van der Waals surface area contributed by atoms with Crippen molar-refractivity contribution >= 4 is 17.5 Å². The van der Waals surface area contributed by atoms with E-state index in [1.165, 1.54) is 6.33 Å². The number of aromatic nitrogens is 3. The predicted molar refractivity (Wildman–Crippen MR) is 60.8 cm³/mol. The van der Waals surface area contributed by atoms with E-state index >= 15 is 0 Å². The van der Waals surface area contributed by atoms with E-state index in [4.69, 9.17) is 11.6 Å². The summed E-state index contributed by atoms with van der Waals surface area (Å²) in [5, 5.41) is 6.60. The summed E-state index contributed by atoms with van der Waals surface area (Å²) >= 11 is 5.64. The van der Waals surface area contributed by atoms with Crippen LogP contribution in [0, 0.1) is 0 Å². The van der Waals surface area contributed by atoms with Crippen LogP contribution in [0.2, 0.25) is 5.28 Å². The molecule has 0 aliphatic rings. The molecule has 15 heavy (non-hydrogen) atoms. The number of halogens is 1. The number of hydrogen-bond donors (Lipinski definition) is 2. The van der Waals surface area contributed by atoms with Crippen molar-refractivity contribution in [2.24, 2.45) is 0 Å². The first-order valence-corrected chi connectivity index (χ1v) is 5.13. The molecule has 1 aromatic heterocycles. The zero-order valence-corrected chi connectivity index (χ0v) is 10.1. The molecule has 1 heterocycles. The molecule has 0 saturated carbocycles. The molecule has 0 saturated heterocycles. The lowest BCUT2D eigenvalue weighted by Gasteiger charge is -2.26. The van der Waals surface area contributed by atoms with Crippen molar-refractivity contribution in [3.63, 3.8) is 0 Å². The molecule has 1 aromatic rings. The molecule has 0 bridgehead atoms. The van der Waals surface area contributed by atoms with Gasteiger partial charge in [-0.05, 0) is 39.3 Å². The average Bonchev–Trinajstić information content (AvgIpc) is 1.99. The highest BCUT2D eigenvalue weighted by Crippen LogP contribution is 2.05. The van der Waals surface area contributed by atoms with E-state index < -0.39 is 0 Å². The van der Waals surface area contributed by atoms with E-state index in [1.807, 2.05) is 6.92 Å². The zero-order valence-electron chi connectivity index (χ0n) is 9.37. The molecule has 2 N–H and O–H groups in total. The Morgan fingerprint density at radius 2 is 2.00 bits per heavy atom. The molecule has 0 fully saturated rings. The van der Waals surface area contributed by atoms with Crippen LogP contribution >= 0.6 is 11.6 Å². The fourth-order valence-electron chi connectivity index (χ4n) is 1.23. The van der Waals surface area contributed by atoms with Crippen LogP contribution < -0.4 is 10.6 Å². The average molecular weight is 230 g/mol. The number of anilines is 1. The molecule has 6 heteroatoms. The molecular formula is C9H16ClN5. The minimum atomic E-state index is 0.0310. The lowest BCUT2D eigenvalue weighted by molar-refractivity contribution is 0.390. The lowest BCUT2D eigenvalue weighted by Crippen LogP contribution is -2.46. The minimum Gasteiger partial charge on any atom is -0.339 e. The topological polar surface area (TPSA) is 62.7 Å². The van der Waals surface area contributed by atoms with Gasteiger partial charge in [0, 0.05) is 5.54 Å². The Balaban J connectivity index is 2.55. The molecule has 1 unspecified atom stereocenters. The zero-order chi connectivity index (χ0) is 11.5. The van der Waals surface area contributed by atoms with Crippen LogP contribution in [0.3, 0.4) is 0 Å². The lowest BCUT2D eigenvalue weighted by atomic mass is 10.1. The third-order valence-electron chi connectivity index (χ3n) is 1.54. The maximum atomic E-state index is 5.64. The van der Waals surface area contributed by atoms with Gasteiger partial charge in [-0.1, -0.05) is 0 Å². The molecule has 0 aliphatic heterocycles. The van der Waals surface area contributed by atoms with Crippen LogP contribution in [0.25, 0.3) is 0 Å². The third-order valence-corrected chi connectivity index (χ3v) is 1.72. The van der Waals surface area contributed by atoms with Gasteiger partial charge in [0.2, 0.25) is 11.2 Å². The van der Waals surface area contributed by atoms with Crippen LogP contribution in [0.5, 0.6) is 0 Å². The Labute approximate surface area is 94.7 Å². The van der Waals surface area contributed by atoms with Crippen LogP contribution in [-0.2, 0) is 0 Å². The molecule has 0 aliphatic carbocycles. The number of hydrogen-bond acceptors (Lipinski definition) is 5. The summed E-state index contributed by atoms with van der Waals surface area (Å²) in [5.74, 6) is 0.472. The van der Waals surface area contributed by atoms with E-state index in [0.29, 0.717) is 5.95 Å². The van der Waals surface area contributed by atoms with Crippen LogP contribution in [0.4, 0.5) is 5.95 Å². The molecule has 1 rings (SSSR count). The first-order valence-electron chi connectivity index (χ1n) is 4.75. The van der Waals surface area contributed by atoms with Gasteiger partial charge in [-0.25, -0.2) is 9.97 Å². The van der Waals surface area contributed by atoms with Crippen LogP contribution in [0.1, 0.15) is 27.7 Å². The summed E-state index contributed by atoms with van der Waals surface area (Å²) < 4.78 is 0. The smallest absolute Gasteiger partial charge is 0.228 e. The SMILES string of the molecule is CC(Nc1ncnc(Cl)n1)NC(C)(C)C. The summed E-state index contributed by atoms with van der Waals surface area (Å²) in [7, 11) is 0. The molecule has 1 atom stereocenters. The molecule has 5 nitrogen and oxygen atoms in total. The van der Waals surface area contributed by atoms with Crippen LogP contribution in [-0.4, -0.2) is 26.7 Å². The first-order chi connectivity index (χ1) is 6.87. The molecule has 84 valence electrons. The van der Waals surface area contributed by atoms with Gasteiger partial charge in [0.1, 0.15) is 6.33 Å². The monoisotopic (exact) mass is 229 g/mol. The van der Waals surface area contributed by atoms with Crippen molar-refractivity contribution in [2.75, 3.05) is 5.32 Å². The maximum absolute atomic E-state index is 5.64. The van der Waals surface area contributed by atoms with Gasteiger partial charge in [0.25, 0.3) is 0 Å². The Morgan fingerprint density at radius 3 is 2.53 bits per heavy atom. The van der Waals surface area contributed by atoms with Crippen molar-refractivity contribution < 1.29 is 0 Å². The van der Waals surface area contributed by atoms with E-state index in [1.54, 1.807) is 0 Å². The summed E-state index contributed by atoms with van der Waals surface area (Å²) in [4.78, 5) is 11.6. The highest BCUT2D eigenvalue weighted by Gasteiger charge is 2.13. The van der Waals surface area contributed by atoms with Crippen LogP contribution in [0.15, 0.2) is 6.33 Å². The molecule has 0 radical (unpaired) electrons. The van der Waals surface area contributed by atoms with Crippen molar-refractivity contribution in [3.8, 4) is 0 Å². The Hall–Kier alpha value is -0.940. The highest BCUT2D eigenvalue weighted by atomic mass is 35.5. The van der Waals surface area contributed by atoms with Gasteiger partial charge in [-0.2, -0.15) is 4.98 Å². The predicted octanol–water partition coefficient (Wildman–Crippen LogP) is 1.67. The molecule has 0 aromatic carbocycles. The Kier molecular flexibility index (Phi) is 3.82. The Bertz CT molecular complexity index is 323. The second kappa shape index (κ2) is 4.72. The number of nitrogens with zero attached hydrogens (tertiary/aromatic N) is 3. The fraction of sp³-hybridized carbons (Fsp3) is 0.667. The largest absolute Gasteiger partial charge is 0.339 e. The first kappa shape index (κ1) is 12.1. The van der Waals surface area contributed by atoms with Crippen molar-refractivity contribution in [1.82, 2.24) is 20.3 Å². The number of rotatable bonds is 3. The van der Waals surface area contributed by atoms with Gasteiger partial charge in [-0.15, -0.1) is 0 Å². The van der Waals surface area contributed by atoms with Gasteiger partial charge in [-0.3, -0.25) is 5.32 Å². The van der Waals surface area contributed by atoms with Gasteiger partial charge in [0.05, 0.1) is 6.17 Å². The van der Waals surface area contributed by atoms with Gasteiger partial charge >= 0.3 is 0 Å². The number of nitrogens with one attached hydrogen (secondary N) is 2. The maximum Gasteiger partial charge on any atom is 0.228 e. The minimum absolute atomic E-state index is 0.0310. The Morgan fingerprint density at radius 1 is 1.33 bits per heavy atom. The normalized spacial score (nSPS) is 13.7. The standard InChI is InChI=1S/C9H16ClN5/c1-6(15-9(2,3)4)13-8-12-5-11-7(10)14-8/h5-6,15H,1-4H3,(H,11,12,13,14). The fourth-order valence-corrected chi connectivity index (χ4v) is 1.35.